The monoisotopic (exact) mass is 584 g/mol. The van der Waals surface area contributed by atoms with Crippen molar-refractivity contribution in [1.82, 2.24) is 9.88 Å². The molecule has 9 heteroatoms. The van der Waals surface area contributed by atoms with Crippen LogP contribution in [-0.2, 0) is 14.2 Å². The molecule has 43 heavy (non-hydrogen) atoms. The van der Waals surface area contributed by atoms with Crippen LogP contribution in [0.3, 0.4) is 0 Å². The maximum atomic E-state index is 13.9. The second-order valence-electron chi connectivity index (χ2n) is 12.7. The molecular formula is C34H41BN2O6. The van der Waals surface area contributed by atoms with Crippen LogP contribution < -0.4 is 0 Å². The Balaban J connectivity index is 1.30. The van der Waals surface area contributed by atoms with E-state index in [0.29, 0.717) is 19.3 Å². The minimum atomic E-state index is -1.06. The second-order valence-corrected chi connectivity index (χ2v) is 12.7. The number of rotatable bonds is 7. The molecule has 226 valence electrons. The van der Waals surface area contributed by atoms with Crippen molar-refractivity contribution in [3.8, 4) is 5.75 Å². The van der Waals surface area contributed by atoms with E-state index in [4.69, 9.17) is 4.65 Å². The number of hydrogen-bond acceptors (Lipinski definition) is 7. The Hall–Kier alpha value is -3.27. The number of carbonyl (C=O) groups excluding carboxylic acids is 2. The van der Waals surface area contributed by atoms with E-state index in [1.54, 1.807) is 11.1 Å². The quantitative estimate of drug-likeness (QED) is 0.242. The molecule has 1 aromatic heterocycles. The summed E-state index contributed by atoms with van der Waals surface area (Å²) in [4.78, 5) is 33.7. The molecule has 3 fully saturated rings. The Bertz CT molecular complexity index is 1430. The summed E-state index contributed by atoms with van der Waals surface area (Å²) in [5.74, 6) is -1.28. The first-order chi connectivity index (χ1) is 20.8. The number of aliphatic hydroxyl groups excluding tert-OH is 1. The molecule has 1 saturated carbocycles. The topological polar surface area (TPSA) is 120 Å². The number of aryl methyl sites for hydroxylation is 2. The van der Waals surface area contributed by atoms with E-state index in [1.165, 1.54) is 0 Å². The Labute approximate surface area is 253 Å². The fourth-order valence-electron chi connectivity index (χ4n) is 8.02. The van der Waals surface area contributed by atoms with Crippen LogP contribution in [0.1, 0.15) is 73.8 Å². The second kappa shape index (κ2) is 12.4. The predicted octanol–water partition coefficient (Wildman–Crippen LogP) is 4.85. The van der Waals surface area contributed by atoms with Gasteiger partial charge in [-0.2, -0.15) is 0 Å². The highest BCUT2D eigenvalue weighted by Crippen LogP contribution is 2.51. The lowest BCUT2D eigenvalue weighted by Crippen LogP contribution is -2.47. The fourth-order valence-corrected chi connectivity index (χ4v) is 8.02. The number of amides is 2. The highest BCUT2D eigenvalue weighted by atomic mass is 16.5. The molecule has 2 aliphatic heterocycles. The minimum Gasteiger partial charge on any atom is -0.507 e. The lowest BCUT2D eigenvalue weighted by Gasteiger charge is -2.43. The molecular weight excluding hydrogens is 543 g/mol. The van der Waals surface area contributed by atoms with Crippen LogP contribution in [0.4, 0.5) is 0 Å². The first-order valence-corrected chi connectivity index (χ1v) is 15.7. The van der Waals surface area contributed by atoms with Gasteiger partial charge in [0.25, 0.3) is 0 Å². The number of likely N-dealkylation sites (tertiary alicyclic amines) is 1. The van der Waals surface area contributed by atoms with E-state index in [-0.39, 0.29) is 42.5 Å². The molecule has 2 aliphatic carbocycles. The van der Waals surface area contributed by atoms with Gasteiger partial charge in [0.05, 0.1) is 30.2 Å². The number of allylic oxidation sites excluding steroid dienone is 1. The number of aromatic hydroxyl groups is 1. The summed E-state index contributed by atoms with van der Waals surface area (Å²) in [5, 5.41) is 31.7. The predicted molar refractivity (Wildman–Crippen MR) is 165 cm³/mol. The van der Waals surface area contributed by atoms with Gasteiger partial charge < -0.3 is 19.9 Å². The van der Waals surface area contributed by atoms with Crippen LogP contribution in [0.5, 0.6) is 5.75 Å². The van der Waals surface area contributed by atoms with Gasteiger partial charge in [-0.3, -0.25) is 19.5 Å². The lowest BCUT2D eigenvalue weighted by molar-refractivity contribution is -0.143. The van der Waals surface area contributed by atoms with Crippen molar-refractivity contribution in [2.45, 2.75) is 83.7 Å². The van der Waals surface area contributed by atoms with Crippen molar-refractivity contribution in [1.29, 1.82) is 0 Å². The lowest BCUT2D eigenvalue weighted by atomic mass is 9.58. The van der Waals surface area contributed by atoms with Crippen LogP contribution in [-0.4, -0.2) is 62.8 Å². The van der Waals surface area contributed by atoms with Crippen LogP contribution in [0, 0.1) is 31.6 Å². The number of carbonyl (C=O) groups is 2. The van der Waals surface area contributed by atoms with Crippen molar-refractivity contribution in [2.75, 3.05) is 6.61 Å². The number of fused-ring (bicyclic) bond motifs is 3. The number of phenolic OH excluding ortho intramolecular Hbond substituents is 1. The average Bonchev–Trinajstić information content (AvgIpc) is 3.27. The highest BCUT2D eigenvalue weighted by Gasteiger charge is 2.58. The number of aliphatic hydroxyl groups is 1. The largest absolute Gasteiger partial charge is 0.507 e. The molecule has 0 unspecified atom stereocenters. The Morgan fingerprint density at radius 2 is 1.84 bits per heavy atom. The van der Waals surface area contributed by atoms with E-state index >= 15 is 0 Å². The van der Waals surface area contributed by atoms with Gasteiger partial charge in [0, 0.05) is 12.2 Å². The smallest absolute Gasteiger partial charge is 0.455 e. The Morgan fingerprint density at radius 1 is 1.09 bits per heavy atom. The summed E-state index contributed by atoms with van der Waals surface area (Å²) >= 11 is 0. The molecule has 0 spiro atoms. The van der Waals surface area contributed by atoms with Gasteiger partial charge in [0.1, 0.15) is 5.75 Å². The van der Waals surface area contributed by atoms with Crippen molar-refractivity contribution >= 4 is 30.6 Å². The van der Waals surface area contributed by atoms with Gasteiger partial charge in [0.15, 0.2) is 0 Å². The first-order valence-electron chi connectivity index (χ1n) is 15.7. The maximum absolute atomic E-state index is 13.9. The van der Waals surface area contributed by atoms with Crippen molar-refractivity contribution < 1.29 is 29.5 Å². The summed E-state index contributed by atoms with van der Waals surface area (Å²) in [6.45, 7) is 3.55. The molecule has 3 N–H and O–H groups in total. The van der Waals surface area contributed by atoms with E-state index in [0.717, 1.165) is 71.2 Å². The van der Waals surface area contributed by atoms with Crippen LogP contribution in [0.25, 0.3) is 11.6 Å². The fraction of sp³-hybridized carbons (Fsp3) is 0.500. The van der Waals surface area contributed by atoms with Crippen LogP contribution >= 0.6 is 0 Å². The number of hydrogen-bond donors (Lipinski definition) is 3. The average molecular weight is 585 g/mol. The third-order valence-corrected chi connectivity index (χ3v) is 10.00. The molecule has 3 heterocycles. The summed E-state index contributed by atoms with van der Waals surface area (Å²) < 4.78 is 6.13. The molecule has 8 nitrogen and oxygen atoms in total. The molecule has 2 amide bonds. The van der Waals surface area contributed by atoms with E-state index in [9.17, 15) is 24.8 Å². The van der Waals surface area contributed by atoms with Gasteiger partial charge >= 0.3 is 7.12 Å². The summed E-state index contributed by atoms with van der Waals surface area (Å²) in [6.07, 6.45) is 9.87. The number of phenols is 1. The zero-order valence-electron chi connectivity index (χ0n) is 25.0. The summed E-state index contributed by atoms with van der Waals surface area (Å²) in [7, 11) is -1.06. The van der Waals surface area contributed by atoms with Gasteiger partial charge in [-0.25, -0.2) is 0 Å². The molecule has 4 aliphatic rings. The van der Waals surface area contributed by atoms with Gasteiger partial charge in [-0.05, 0) is 122 Å². The zero-order valence-corrected chi connectivity index (χ0v) is 25.0. The molecule has 0 radical (unpaired) electrons. The normalized spacial score (nSPS) is 26.7. The number of pyridine rings is 1. The van der Waals surface area contributed by atoms with Gasteiger partial charge in [0.2, 0.25) is 11.8 Å². The van der Waals surface area contributed by atoms with Crippen molar-refractivity contribution in [2.24, 2.45) is 17.8 Å². The van der Waals surface area contributed by atoms with Crippen LogP contribution in [0.2, 0.25) is 6.32 Å². The molecule has 2 saturated heterocycles. The Kier molecular flexibility index (Phi) is 8.58. The number of imide groups is 1. The third-order valence-electron chi connectivity index (χ3n) is 10.00. The molecule has 1 aromatic carbocycles. The maximum Gasteiger partial charge on any atom is 0.455 e. The standard InChI is InChI=1S/C34H41BN2O6/c1-20-14-22(15-21(2)32(20)39)16-23(28-10-6-7-13-36-28)11-12-29-30-24(19-38)17-26-31(27(30)18-35(42)43-29)34(41)37(33(26)40)25-8-4-3-5-9-25/h6-7,10,13-16,25-27,29,31,38-39,42H,3-5,8-9,11-12,17-19H2,1-2H3/b23-16-/t26-,27+,29-,31-/m1/s1. The number of aromatic nitrogens is 1. The zero-order chi connectivity index (χ0) is 30.2. The third kappa shape index (κ3) is 5.70. The molecule has 0 bridgehead atoms. The summed E-state index contributed by atoms with van der Waals surface area (Å²) in [6, 6.07) is 9.60. The van der Waals surface area contributed by atoms with Gasteiger partial charge in [-0.1, -0.05) is 25.3 Å². The molecule has 4 atom stereocenters. The SMILES string of the molecule is Cc1cc(/C=C(/CC[C@H]2OB(O)C[C@H]3C2=C(CO)C[C@H]2C(=O)N(C4CCCCC4)C(=O)[C@H]23)c2ccccn2)cc(C)c1O. The Morgan fingerprint density at radius 3 is 2.51 bits per heavy atom. The van der Waals surface area contributed by atoms with Gasteiger partial charge in [-0.15, -0.1) is 0 Å². The minimum absolute atomic E-state index is 0.0424. The number of benzene rings is 1. The first kappa shape index (κ1) is 29.8. The summed E-state index contributed by atoms with van der Waals surface area (Å²) in [5.41, 5.74) is 5.98. The van der Waals surface area contributed by atoms with Crippen molar-refractivity contribution in [3.63, 3.8) is 0 Å². The van der Waals surface area contributed by atoms with Crippen LogP contribution in [0.15, 0.2) is 47.7 Å². The van der Waals surface area contributed by atoms with E-state index in [2.05, 4.69) is 11.1 Å². The molecule has 2 aromatic rings. The van der Waals surface area contributed by atoms with Crippen molar-refractivity contribution in [3.05, 3.63) is 70.1 Å². The van der Waals surface area contributed by atoms with E-state index in [1.807, 2.05) is 44.2 Å². The highest BCUT2D eigenvalue weighted by molar-refractivity contribution is 6.43. The van der Waals surface area contributed by atoms with E-state index < -0.39 is 25.1 Å². The number of nitrogens with zero attached hydrogens (tertiary/aromatic N) is 2. The molecule has 6 rings (SSSR count).